The Bertz CT molecular complexity index is 417. The fourth-order valence-corrected chi connectivity index (χ4v) is 2.84. The van der Waals surface area contributed by atoms with Crippen molar-refractivity contribution < 1.29 is 4.74 Å². The quantitative estimate of drug-likeness (QED) is 0.872. The van der Waals surface area contributed by atoms with Gasteiger partial charge in [0.05, 0.1) is 6.61 Å². The van der Waals surface area contributed by atoms with Crippen LogP contribution in [0.1, 0.15) is 44.4 Å². The Morgan fingerprint density at radius 2 is 2.17 bits per heavy atom. The molecule has 1 aliphatic rings. The van der Waals surface area contributed by atoms with Crippen molar-refractivity contribution in [2.45, 2.75) is 39.7 Å². The van der Waals surface area contributed by atoms with Crippen LogP contribution in [-0.2, 0) is 6.42 Å². The molecule has 100 valence electrons. The van der Waals surface area contributed by atoms with Crippen LogP contribution in [0.4, 0.5) is 0 Å². The van der Waals surface area contributed by atoms with E-state index in [2.05, 4.69) is 32.2 Å². The minimum absolute atomic E-state index is 0.334. The average molecular weight is 268 g/mol. The first-order valence-electron chi connectivity index (χ1n) is 6.80. The molecule has 0 fully saturated rings. The summed E-state index contributed by atoms with van der Waals surface area (Å²) in [5.74, 6) is 1.70. The van der Waals surface area contributed by atoms with Crippen LogP contribution in [0.3, 0.4) is 0 Å². The average Bonchev–Trinajstić information content (AvgIpc) is 2.74. The molecular weight excluding hydrogens is 246 g/mol. The van der Waals surface area contributed by atoms with Crippen LogP contribution in [0.2, 0.25) is 5.02 Å². The van der Waals surface area contributed by atoms with Crippen LogP contribution < -0.4 is 10.1 Å². The zero-order valence-corrected chi connectivity index (χ0v) is 12.2. The highest BCUT2D eigenvalue weighted by molar-refractivity contribution is 6.30. The molecule has 1 aliphatic heterocycles. The Labute approximate surface area is 115 Å². The Balaban J connectivity index is 2.34. The number of fused-ring (bicyclic) bond motifs is 1. The second-order valence-corrected chi connectivity index (χ2v) is 5.76. The van der Waals surface area contributed by atoms with Crippen LogP contribution in [0.15, 0.2) is 12.1 Å². The molecule has 1 heterocycles. The number of rotatable bonds is 5. The Kier molecular flexibility index (Phi) is 4.52. The van der Waals surface area contributed by atoms with Gasteiger partial charge in [-0.15, -0.1) is 0 Å². The van der Waals surface area contributed by atoms with E-state index < -0.39 is 0 Å². The molecule has 1 N–H and O–H groups in total. The first kappa shape index (κ1) is 13.7. The van der Waals surface area contributed by atoms with E-state index in [9.17, 15) is 0 Å². The first-order chi connectivity index (χ1) is 8.61. The zero-order valence-electron chi connectivity index (χ0n) is 11.4. The maximum absolute atomic E-state index is 6.23. The number of hydrogen-bond donors (Lipinski definition) is 1. The molecular formula is C15H22ClNO. The van der Waals surface area contributed by atoms with E-state index in [4.69, 9.17) is 16.3 Å². The summed E-state index contributed by atoms with van der Waals surface area (Å²) in [4.78, 5) is 0. The lowest BCUT2D eigenvalue weighted by molar-refractivity contribution is 0.343. The SMILES string of the molecule is CCNC(CC(C)C)c1cc(Cl)cc2c1OCC2. The fraction of sp³-hybridized carbons (Fsp3) is 0.600. The highest BCUT2D eigenvalue weighted by Crippen LogP contribution is 2.38. The van der Waals surface area contributed by atoms with Crippen molar-refractivity contribution in [2.24, 2.45) is 5.92 Å². The molecule has 2 rings (SSSR count). The molecule has 3 heteroatoms. The zero-order chi connectivity index (χ0) is 13.1. The number of ether oxygens (including phenoxy) is 1. The molecule has 0 radical (unpaired) electrons. The lowest BCUT2D eigenvalue weighted by Crippen LogP contribution is -2.23. The van der Waals surface area contributed by atoms with Gasteiger partial charge in [0.25, 0.3) is 0 Å². The van der Waals surface area contributed by atoms with Crippen molar-refractivity contribution in [3.05, 3.63) is 28.3 Å². The van der Waals surface area contributed by atoms with Gasteiger partial charge in [0.1, 0.15) is 5.75 Å². The number of nitrogens with one attached hydrogen (secondary N) is 1. The van der Waals surface area contributed by atoms with Crippen molar-refractivity contribution in [3.63, 3.8) is 0 Å². The standard InChI is InChI=1S/C15H22ClNO/c1-4-17-14(7-10(2)3)13-9-12(16)8-11-5-6-18-15(11)13/h8-10,14,17H,4-7H2,1-3H3. The predicted octanol–water partition coefficient (Wildman–Crippen LogP) is 3.97. The van der Waals surface area contributed by atoms with E-state index >= 15 is 0 Å². The smallest absolute Gasteiger partial charge is 0.127 e. The highest BCUT2D eigenvalue weighted by atomic mass is 35.5. The molecule has 0 aromatic heterocycles. The molecule has 0 amide bonds. The lowest BCUT2D eigenvalue weighted by atomic mass is 9.94. The summed E-state index contributed by atoms with van der Waals surface area (Å²) in [6.45, 7) is 8.37. The molecule has 0 aliphatic carbocycles. The van der Waals surface area contributed by atoms with Crippen LogP contribution in [-0.4, -0.2) is 13.2 Å². The van der Waals surface area contributed by atoms with Gasteiger partial charge in [0.2, 0.25) is 0 Å². The van der Waals surface area contributed by atoms with Crippen molar-refractivity contribution in [2.75, 3.05) is 13.2 Å². The summed E-state index contributed by atoms with van der Waals surface area (Å²) in [5.41, 5.74) is 2.48. The maximum Gasteiger partial charge on any atom is 0.127 e. The van der Waals surface area contributed by atoms with Gasteiger partial charge >= 0.3 is 0 Å². The lowest BCUT2D eigenvalue weighted by Gasteiger charge is -2.22. The van der Waals surface area contributed by atoms with Gasteiger partial charge in [-0.3, -0.25) is 0 Å². The molecule has 0 spiro atoms. The highest BCUT2D eigenvalue weighted by Gasteiger charge is 2.23. The molecule has 1 aromatic rings. The van der Waals surface area contributed by atoms with Gasteiger partial charge in [-0.2, -0.15) is 0 Å². The number of halogens is 1. The molecule has 1 aromatic carbocycles. The minimum Gasteiger partial charge on any atom is -0.493 e. The molecule has 18 heavy (non-hydrogen) atoms. The number of hydrogen-bond acceptors (Lipinski definition) is 2. The topological polar surface area (TPSA) is 21.3 Å². The first-order valence-corrected chi connectivity index (χ1v) is 7.18. The summed E-state index contributed by atoms with van der Waals surface area (Å²) in [5, 5.41) is 4.37. The van der Waals surface area contributed by atoms with Crippen molar-refractivity contribution in [3.8, 4) is 5.75 Å². The van der Waals surface area contributed by atoms with Gasteiger partial charge < -0.3 is 10.1 Å². The molecule has 0 bridgehead atoms. The van der Waals surface area contributed by atoms with E-state index in [1.165, 1.54) is 11.1 Å². The maximum atomic E-state index is 6.23. The summed E-state index contributed by atoms with van der Waals surface area (Å²) < 4.78 is 5.79. The number of benzene rings is 1. The Morgan fingerprint density at radius 1 is 1.39 bits per heavy atom. The van der Waals surface area contributed by atoms with Crippen LogP contribution >= 0.6 is 11.6 Å². The minimum atomic E-state index is 0.334. The third kappa shape index (κ3) is 2.99. The predicted molar refractivity (Wildman–Crippen MR) is 76.5 cm³/mol. The van der Waals surface area contributed by atoms with Gasteiger partial charge in [0.15, 0.2) is 0 Å². The van der Waals surface area contributed by atoms with E-state index in [0.29, 0.717) is 12.0 Å². The van der Waals surface area contributed by atoms with Crippen LogP contribution in [0.5, 0.6) is 5.75 Å². The second-order valence-electron chi connectivity index (χ2n) is 5.32. The molecule has 1 atom stereocenters. The van der Waals surface area contributed by atoms with Gasteiger partial charge in [-0.1, -0.05) is 32.4 Å². The van der Waals surface area contributed by atoms with E-state index in [1.807, 2.05) is 6.07 Å². The Hall–Kier alpha value is -0.730. The third-order valence-corrected chi connectivity index (χ3v) is 3.53. The monoisotopic (exact) mass is 267 g/mol. The van der Waals surface area contributed by atoms with Gasteiger partial charge in [-0.25, -0.2) is 0 Å². The molecule has 0 saturated carbocycles. The second kappa shape index (κ2) is 5.94. The summed E-state index contributed by atoms with van der Waals surface area (Å²) >= 11 is 6.23. The van der Waals surface area contributed by atoms with Crippen molar-refractivity contribution >= 4 is 11.6 Å². The van der Waals surface area contributed by atoms with Crippen molar-refractivity contribution in [1.82, 2.24) is 5.32 Å². The van der Waals surface area contributed by atoms with Gasteiger partial charge in [0, 0.05) is 23.0 Å². The van der Waals surface area contributed by atoms with E-state index in [0.717, 1.165) is 36.8 Å². The van der Waals surface area contributed by atoms with Crippen LogP contribution in [0, 0.1) is 5.92 Å². The van der Waals surface area contributed by atoms with E-state index in [-0.39, 0.29) is 0 Å². The summed E-state index contributed by atoms with van der Waals surface area (Å²) in [6, 6.07) is 4.42. The van der Waals surface area contributed by atoms with Gasteiger partial charge in [-0.05, 0) is 36.6 Å². The fourth-order valence-electron chi connectivity index (χ4n) is 2.59. The summed E-state index contributed by atoms with van der Waals surface area (Å²) in [6.07, 6.45) is 2.08. The molecule has 1 unspecified atom stereocenters. The van der Waals surface area contributed by atoms with E-state index in [1.54, 1.807) is 0 Å². The Morgan fingerprint density at radius 3 is 2.83 bits per heavy atom. The van der Waals surface area contributed by atoms with Crippen molar-refractivity contribution in [1.29, 1.82) is 0 Å². The normalized spacial score (nSPS) is 15.6. The third-order valence-electron chi connectivity index (χ3n) is 3.31. The summed E-state index contributed by atoms with van der Waals surface area (Å²) in [7, 11) is 0. The largest absolute Gasteiger partial charge is 0.493 e. The van der Waals surface area contributed by atoms with Crippen LogP contribution in [0.25, 0.3) is 0 Å². The molecule has 0 saturated heterocycles. The molecule has 2 nitrogen and oxygen atoms in total.